The number of benzene rings is 1. The maximum absolute atomic E-state index is 5.93. The number of guanidine groups is 1. The van der Waals surface area contributed by atoms with Crippen LogP contribution in [0.3, 0.4) is 0 Å². The van der Waals surface area contributed by atoms with Crippen LogP contribution in [-0.4, -0.2) is 45.9 Å². The molecule has 0 aliphatic rings. The summed E-state index contributed by atoms with van der Waals surface area (Å²) in [6.45, 7) is 4.53. The number of nitrogens with one attached hydrogen (secondary N) is 2. The molecule has 0 bridgehead atoms. The smallest absolute Gasteiger partial charge is 0.191 e. The van der Waals surface area contributed by atoms with E-state index < -0.39 is 0 Å². The quantitative estimate of drug-likeness (QED) is 0.212. The minimum atomic E-state index is -0.0449. The molecule has 2 rings (SSSR count). The first-order valence-electron chi connectivity index (χ1n) is 9.07. The number of nitrogens with zero attached hydrogens (tertiary/aromatic N) is 1. The Kier molecular flexibility index (Phi) is 12.1. The van der Waals surface area contributed by atoms with Crippen molar-refractivity contribution in [2.24, 2.45) is 4.99 Å². The van der Waals surface area contributed by atoms with Crippen molar-refractivity contribution in [1.82, 2.24) is 10.6 Å². The standard InChI is InChI=1S/C20H29N3O4.HI/c1-16(27-19-10-5-4-9-18(19)24-3)14-23-20(21-2)22-11-7-12-25-15-17-8-6-13-26-17;/h4-6,8-10,13,16H,7,11-12,14-15H2,1-3H3,(H2,21,22,23);1H. The number of rotatable bonds is 11. The van der Waals surface area contributed by atoms with Crippen LogP contribution in [0.25, 0.3) is 0 Å². The third-order valence-corrected chi connectivity index (χ3v) is 3.76. The van der Waals surface area contributed by atoms with Crippen LogP contribution >= 0.6 is 24.0 Å². The Morgan fingerprint density at radius 3 is 2.61 bits per heavy atom. The molecule has 0 aliphatic carbocycles. The number of ether oxygens (including phenoxy) is 3. The van der Waals surface area contributed by atoms with Crippen molar-refractivity contribution in [3.05, 3.63) is 48.4 Å². The largest absolute Gasteiger partial charge is 0.493 e. The summed E-state index contributed by atoms with van der Waals surface area (Å²) in [5.41, 5.74) is 0. The molecule has 0 radical (unpaired) electrons. The second kappa shape index (κ2) is 14.1. The molecule has 0 fully saturated rings. The molecule has 0 aliphatic heterocycles. The van der Waals surface area contributed by atoms with E-state index in [4.69, 9.17) is 18.6 Å². The van der Waals surface area contributed by atoms with E-state index in [9.17, 15) is 0 Å². The van der Waals surface area contributed by atoms with Gasteiger partial charge in [0.15, 0.2) is 17.5 Å². The summed E-state index contributed by atoms with van der Waals surface area (Å²) in [5.74, 6) is 3.02. The van der Waals surface area contributed by atoms with E-state index in [-0.39, 0.29) is 30.1 Å². The molecule has 28 heavy (non-hydrogen) atoms. The number of para-hydroxylation sites is 2. The third kappa shape index (κ3) is 8.83. The van der Waals surface area contributed by atoms with Gasteiger partial charge in [0.2, 0.25) is 0 Å². The molecule has 7 nitrogen and oxygen atoms in total. The van der Waals surface area contributed by atoms with Crippen molar-refractivity contribution >= 4 is 29.9 Å². The highest BCUT2D eigenvalue weighted by molar-refractivity contribution is 14.0. The summed E-state index contributed by atoms with van der Waals surface area (Å²) in [6.07, 6.45) is 2.47. The Balaban J connectivity index is 0.00000392. The van der Waals surface area contributed by atoms with Gasteiger partial charge < -0.3 is 29.3 Å². The summed E-state index contributed by atoms with van der Waals surface area (Å²) in [7, 11) is 3.38. The van der Waals surface area contributed by atoms with Gasteiger partial charge in [0.25, 0.3) is 0 Å². The molecule has 8 heteroatoms. The molecule has 0 saturated carbocycles. The molecular weight excluding hydrogens is 473 g/mol. The van der Waals surface area contributed by atoms with Gasteiger partial charge in [-0.15, -0.1) is 24.0 Å². The second-order valence-electron chi connectivity index (χ2n) is 5.94. The van der Waals surface area contributed by atoms with Crippen molar-refractivity contribution in [3.63, 3.8) is 0 Å². The molecular formula is C20H30IN3O4. The van der Waals surface area contributed by atoms with Gasteiger partial charge in [-0.05, 0) is 37.6 Å². The minimum absolute atomic E-state index is 0. The molecule has 1 unspecified atom stereocenters. The Bertz CT molecular complexity index is 680. The van der Waals surface area contributed by atoms with Crippen molar-refractivity contribution in [2.75, 3.05) is 33.9 Å². The van der Waals surface area contributed by atoms with E-state index in [2.05, 4.69) is 15.6 Å². The highest BCUT2D eigenvalue weighted by atomic mass is 127. The molecule has 0 spiro atoms. The maximum Gasteiger partial charge on any atom is 0.191 e. The first-order chi connectivity index (χ1) is 13.2. The molecule has 2 aromatic rings. The molecule has 156 valence electrons. The molecule has 1 aromatic heterocycles. The van der Waals surface area contributed by atoms with E-state index in [1.165, 1.54) is 0 Å². The maximum atomic E-state index is 5.93. The summed E-state index contributed by atoms with van der Waals surface area (Å²) < 4.78 is 22.0. The van der Waals surface area contributed by atoms with Crippen LogP contribution in [0.2, 0.25) is 0 Å². The van der Waals surface area contributed by atoms with Gasteiger partial charge in [0, 0.05) is 20.2 Å². The van der Waals surface area contributed by atoms with Crippen molar-refractivity contribution in [2.45, 2.75) is 26.1 Å². The third-order valence-electron chi connectivity index (χ3n) is 3.76. The first kappa shape index (κ1) is 24.1. The van der Waals surface area contributed by atoms with Gasteiger partial charge >= 0.3 is 0 Å². The highest BCUT2D eigenvalue weighted by Crippen LogP contribution is 2.26. The van der Waals surface area contributed by atoms with Crippen LogP contribution in [0.4, 0.5) is 0 Å². The zero-order valence-electron chi connectivity index (χ0n) is 16.6. The Hall–Kier alpha value is -1.94. The van der Waals surface area contributed by atoms with Crippen LogP contribution in [0.15, 0.2) is 52.1 Å². The van der Waals surface area contributed by atoms with Gasteiger partial charge in [0.05, 0.1) is 19.9 Å². The van der Waals surface area contributed by atoms with Crippen LogP contribution in [-0.2, 0) is 11.3 Å². The van der Waals surface area contributed by atoms with Crippen molar-refractivity contribution in [1.29, 1.82) is 0 Å². The SMILES string of the molecule is CN=C(NCCCOCc1ccco1)NCC(C)Oc1ccccc1OC.I. The fraction of sp³-hybridized carbons (Fsp3) is 0.450. The molecule has 2 N–H and O–H groups in total. The fourth-order valence-corrected chi connectivity index (χ4v) is 2.38. The minimum Gasteiger partial charge on any atom is -0.493 e. The van der Waals surface area contributed by atoms with Crippen molar-refractivity contribution < 1.29 is 18.6 Å². The van der Waals surface area contributed by atoms with E-state index in [0.29, 0.717) is 19.8 Å². The fourth-order valence-electron chi connectivity index (χ4n) is 2.38. The van der Waals surface area contributed by atoms with Crippen LogP contribution in [0.5, 0.6) is 11.5 Å². The van der Waals surface area contributed by atoms with Gasteiger partial charge in [-0.3, -0.25) is 4.99 Å². The lowest BCUT2D eigenvalue weighted by Crippen LogP contribution is -2.42. The number of aliphatic imine (C=N–C) groups is 1. The van der Waals surface area contributed by atoms with Crippen molar-refractivity contribution in [3.8, 4) is 11.5 Å². The molecule has 1 aromatic carbocycles. The summed E-state index contributed by atoms with van der Waals surface area (Å²) >= 11 is 0. The van der Waals surface area contributed by atoms with Crippen LogP contribution < -0.4 is 20.1 Å². The monoisotopic (exact) mass is 503 g/mol. The summed E-state index contributed by atoms with van der Waals surface area (Å²) in [6, 6.07) is 11.4. The van der Waals surface area contributed by atoms with Gasteiger partial charge in [-0.25, -0.2) is 0 Å². The topological polar surface area (TPSA) is 77.3 Å². The van der Waals surface area contributed by atoms with Crippen LogP contribution in [0.1, 0.15) is 19.1 Å². The zero-order valence-corrected chi connectivity index (χ0v) is 19.0. The zero-order chi connectivity index (χ0) is 19.3. The molecule has 0 saturated heterocycles. The molecule has 1 heterocycles. The number of hydrogen-bond acceptors (Lipinski definition) is 5. The van der Waals surface area contributed by atoms with Gasteiger partial charge in [-0.1, -0.05) is 12.1 Å². The Morgan fingerprint density at radius 2 is 1.93 bits per heavy atom. The molecule has 1 atom stereocenters. The lowest BCUT2D eigenvalue weighted by Gasteiger charge is -2.19. The predicted octanol–water partition coefficient (Wildman–Crippen LogP) is 3.45. The van der Waals surface area contributed by atoms with E-state index in [0.717, 1.165) is 36.2 Å². The van der Waals surface area contributed by atoms with Gasteiger partial charge in [-0.2, -0.15) is 0 Å². The number of halogens is 1. The predicted molar refractivity (Wildman–Crippen MR) is 121 cm³/mol. The number of hydrogen-bond donors (Lipinski definition) is 2. The van der Waals surface area contributed by atoms with E-state index in [1.54, 1.807) is 20.4 Å². The summed E-state index contributed by atoms with van der Waals surface area (Å²) in [4.78, 5) is 4.22. The van der Waals surface area contributed by atoms with E-state index >= 15 is 0 Å². The van der Waals surface area contributed by atoms with Gasteiger partial charge in [0.1, 0.15) is 18.5 Å². The first-order valence-corrected chi connectivity index (χ1v) is 9.07. The lowest BCUT2D eigenvalue weighted by atomic mass is 10.3. The number of furan rings is 1. The molecule has 0 amide bonds. The normalized spacial score (nSPS) is 12.0. The van der Waals surface area contributed by atoms with Crippen LogP contribution in [0, 0.1) is 0 Å². The Labute approximate surface area is 183 Å². The average Bonchev–Trinajstić information content (AvgIpc) is 3.20. The lowest BCUT2D eigenvalue weighted by molar-refractivity contribution is 0.105. The Morgan fingerprint density at radius 1 is 1.14 bits per heavy atom. The average molecular weight is 503 g/mol. The highest BCUT2D eigenvalue weighted by Gasteiger charge is 2.09. The van der Waals surface area contributed by atoms with E-state index in [1.807, 2.05) is 43.3 Å². The second-order valence-corrected chi connectivity index (χ2v) is 5.94. The number of methoxy groups -OCH3 is 1. The summed E-state index contributed by atoms with van der Waals surface area (Å²) in [5, 5.41) is 6.52.